The van der Waals surface area contributed by atoms with Crippen molar-refractivity contribution in [2.45, 2.75) is 57.8 Å². The molecule has 0 aromatic heterocycles. The van der Waals surface area contributed by atoms with E-state index in [0.717, 1.165) is 11.8 Å². The number of hydrogen-bond acceptors (Lipinski definition) is 6. The molecule has 0 aromatic carbocycles. The lowest BCUT2D eigenvalue weighted by Crippen LogP contribution is -2.31. The van der Waals surface area contributed by atoms with E-state index in [2.05, 4.69) is 0 Å². The number of carbonyl (C=O) groups is 3. The zero-order chi connectivity index (χ0) is 17.2. The molecule has 0 saturated heterocycles. The SMILES string of the molecule is CC(=O)SC(CCOC=CCCC(=O)O)C(=O)OC(C)(C)C. The van der Waals surface area contributed by atoms with Crippen molar-refractivity contribution in [3.8, 4) is 0 Å². The van der Waals surface area contributed by atoms with Crippen LogP contribution in [0.4, 0.5) is 0 Å². The van der Waals surface area contributed by atoms with Crippen molar-refractivity contribution in [1.82, 2.24) is 0 Å². The van der Waals surface area contributed by atoms with Crippen molar-refractivity contribution in [3.63, 3.8) is 0 Å². The first kappa shape index (κ1) is 20.5. The summed E-state index contributed by atoms with van der Waals surface area (Å²) in [7, 11) is 0. The first-order valence-electron chi connectivity index (χ1n) is 7.00. The standard InChI is InChI=1S/C15H24O6S/c1-11(16)22-12(14(19)21-15(2,3)4)8-10-20-9-6-5-7-13(17)18/h6,9,12H,5,7-8,10H2,1-4H3,(H,17,18). The molecule has 1 atom stereocenters. The van der Waals surface area contributed by atoms with Crippen molar-refractivity contribution in [2.24, 2.45) is 0 Å². The van der Waals surface area contributed by atoms with Crippen LogP contribution in [-0.4, -0.2) is 39.6 Å². The van der Waals surface area contributed by atoms with Crippen LogP contribution in [0.5, 0.6) is 0 Å². The molecule has 0 amide bonds. The van der Waals surface area contributed by atoms with Gasteiger partial charge in [-0.3, -0.25) is 14.4 Å². The minimum absolute atomic E-state index is 0.0422. The second-order valence-electron chi connectivity index (χ2n) is 5.60. The molecule has 0 aromatic rings. The molecular formula is C15H24O6S. The number of esters is 1. The molecular weight excluding hydrogens is 308 g/mol. The van der Waals surface area contributed by atoms with Crippen molar-refractivity contribution in [2.75, 3.05) is 6.61 Å². The van der Waals surface area contributed by atoms with Gasteiger partial charge in [0.15, 0.2) is 5.12 Å². The lowest BCUT2D eigenvalue weighted by Gasteiger charge is -2.23. The van der Waals surface area contributed by atoms with E-state index >= 15 is 0 Å². The number of carboxylic acids is 1. The summed E-state index contributed by atoms with van der Waals surface area (Å²) in [5.41, 5.74) is -0.607. The Kier molecular flexibility index (Phi) is 9.56. The normalized spacial score (nSPS) is 12.9. The van der Waals surface area contributed by atoms with Gasteiger partial charge in [0, 0.05) is 19.8 Å². The van der Waals surface area contributed by atoms with Gasteiger partial charge in [-0.05, 0) is 33.3 Å². The number of carboxylic acid groups (broad SMARTS) is 1. The predicted molar refractivity (Wildman–Crippen MR) is 84.5 cm³/mol. The third-order valence-corrected chi connectivity index (χ3v) is 3.24. The molecule has 0 fully saturated rings. The number of hydrogen-bond donors (Lipinski definition) is 1. The molecule has 0 radical (unpaired) electrons. The fourth-order valence-electron chi connectivity index (χ4n) is 1.38. The Hall–Kier alpha value is -1.50. The van der Waals surface area contributed by atoms with Crippen LogP contribution in [-0.2, 0) is 23.9 Å². The number of thioether (sulfide) groups is 1. The van der Waals surface area contributed by atoms with Crippen molar-refractivity contribution in [3.05, 3.63) is 12.3 Å². The molecule has 0 heterocycles. The van der Waals surface area contributed by atoms with Gasteiger partial charge in [0.05, 0.1) is 12.9 Å². The Morgan fingerprint density at radius 1 is 1.27 bits per heavy atom. The van der Waals surface area contributed by atoms with Crippen molar-refractivity contribution in [1.29, 1.82) is 0 Å². The molecule has 7 heteroatoms. The number of aliphatic carboxylic acids is 1. The number of rotatable bonds is 9. The Morgan fingerprint density at radius 3 is 2.41 bits per heavy atom. The van der Waals surface area contributed by atoms with Crippen LogP contribution in [0.3, 0.4) is 0 Å². The third-order valence-electron chi connectivity index (χ3n) is 2.19. The largest absolute Gasteiger partial charge is 0.501 e. The topological polar surface area (TPSA) is 89.9 Å². The van der Waals surface area contributed by atoms with Gasteiger partial charge in [-0.15, -0.1) is 0 Å². The molecule has 0 aliphatic rings. The van der Waals surface area contributed by atoms with E-state index in [1.54, 1.807) is 26.8 Å². The quantitative estimate of drug-likeness (QED) is 0.394. The highest BCUT2D eigenvalue weighted by molar-refractivity contribution is 8.14. The highest BCUT2D eigenvalue weighted by Gasteiger charge is 2.26. The van der Waals surface area contributed by atoms with Gasteiger partial charge in [0.25, 0.3) is 0 Å². The number of carbonyl (C=O) groups excluding carboxylic acids is 2. The maximum Gasteiger partial charge on any atom is 0.320 e. The summed E-state index contributed by atoms with van der Waals surface area (Å²) >= 11 is 0.925. The monoisotopic (exact) mass is 332 g/mol. The zero-order valence-corrected chi connectivity index (χ0v) is 14.3. The minimum Gasteiger partial charge on any atom is -0.501 e. The Balaban J connectivity index is 4.23. The molecule has 1 N–H and O–H groups in total. The second kappa shape index (κ2) is 10.3. The second-order valence-corrected chi connectivity index (χ2v) is 6.97. The molecule has 0 spiro atoms. The first-order valence-corrected chi connectivity index (χ1v) is 7.88. The Labute approximate surface area is 135 Å². The summed E-state index contributed by atoms with van der Waals surface area (Å²) < 4.78 is 10.5. The molecule has 0 rings (SSSR count). The van der Waals surface area contributed by atoms with E-state index in [1.165, 1.54) is 13.2 Å². The molecule has 0 saturated carbocycles. The van der Waals surface area contributed by atoms with Crippen LogP contribution < -0.4 is 0 Å². The van der Waals surface area contributed by atoms with Gasteiger partial charge in [-0.25, -0.2) is 0 Å². The average Bonchev–Trinajstić information content (AvgIpc) is 2.33. The molecule has 22 heavy (non-hydrogen) atoms. The first-order chi connectivity index (χ1) is 10.1. The van der Waals surface area contributed by atoms with E-state index in [0.29, 0.717) is 12.8 Å². The van der Waals surface area contributed by atoms with E-state index in [-0.39, 0.29) is 18.1 Å². The Bertz CT molecular complexity index is 411. The number of allylic oxidation sites excluding steroid dienone is 1. The van der Waals surface area contributed by atoms with Crippen LogP contribution in [0.25, 0.3) is 0 Å². The fraction of sp³-hybridized carbons (Fsp3) is 0.667. The van der Waals surface area contributed by atoms with Crippen molar-refractivity contribution >= 4 is 28.8 Å². The third kappa shape index (κ3) is 12.3. The molecule has 126 valence electrons. The summed E-state index contributed by atoms with van der Waals surface area (Å²) in [6, 6.07) is 0. The number of ether oxygens (including phenoxy) is 2. The van der Waals surface area contributed by atoms with Crippen molar-refractivity contribution < 1.29 is 29.0 Å². The summed E-state index contributed by atoms with van der Waals surface area (Å²) in [4.78, 5) is 33.5. The Morgan fingerprint density at radius 2 is 1.91 bits per heavy atom. The lowest BCUT2D eigenvalue weighted by atomic mass is 10.2. The molecule has 1 unspecified atom stereocenters. The van der Waals surface area contributed by atoms with E-state index in [4.69, 9.17) is 14.6 Å². The van der Waals surface area contributed by atoms with E-state index < -0.39 is 22.8 Å². The van der Waals surface area contributed by atoms with Gasteiger partial charge < -0.3 is 14.6 Å². The molecule has 6 nitrogen and oxygen atoms in total. The van der Waals surface area contributed by atoms with Gasteiger partial charge >= 0.3 is 11.9 Å². The highest BCUT2D eigenvalue weighted by Crippen LogP contribution is 2.20. The smallest absolute Gasteiger partial charge is 0.320 e. The fourth-order valence-corrected chi connectivity index (χ4v) is 2.14. The van der Waals surface area contributed by atoms with Gasteiger partial charge in [0.1, 0.15) is 10.9 Å². The predicted octanol–water partition coefficient (Wildman–Crippen LogP) is 2.76. The maximum atomic E-state index is 12.0. The van der Waals surface area contributed by atoms with E-state index in [9.17, 15) is 14.4 Å². The molecule has 0 aliphatic heterocycles. The van der Waals surface area contributed by atoms with Gasteiger partial charge in [0.2, 0.25) is 0 Å². The van der Waals surface area contributed by atoms with Crippen LogP contribution in [0.15, 0.2) is 12.3 Å². The van der Waals surface area contributed by atoms with Crippen LogP contribution in [0, 0.1) is 0 Å². The minimum atomic E-state index is -0.868. The van der Waals surface area contributed by atoms with Crippen LogP contribution >= 0.6 is 11.8 Å². The molecule has 0 aliphatic carbocycles. The summed E-state index contributed by atoms with van der Waals surface area (Å²) in [5, 5.41) is 7.70. The van der Waals surface area contributed by atoms with E-state index in [1.807, 2.05) is 0 Å². The average molecular weight is 332 g/mol. The highest BCUT2D eigenvalue weighted by atomic mass is 32.2. The summed E-state index contributed by atoms with van der Waals surface area (Å²) in [6.45, 7) is 6.94. The summed E-state index contributed by atoms with van der Waals surface area (Å²) in [5.74, 6) is -1.31. The lowest BCUT2D eigenvalue weighted by molar-refractivity contribution is -0.154. The summed E-state index contributed by atoms with van der Waals surface area (Å²) in [6.07, 6.45) is 3.78. The van der Waals surface area contributed by atoms with Gasteiger partial charge in [-0.2, -0.15) is 0 Å². The van der Waals surface area contributed by atoms with Gasteiger partial charge in [-0.1, -0.05) is 11.8 Å². The maximum absolute atomic E-state index is 12.0. The van der Waals surface area contributed by atoms with Crippen LogP contribution in [0.2, 0.25) is 0 Å². The molecule has 0 bridgehead atoms. The zero-order valence-electron chi connectivity index (χ0n) is 13.5. The van der Waals surface area contributed by atoms with Crippen LogP contribution in [0.1, 0.15) is 47.0 Å².